The zero-order chi connectivity index (χ0) is 41.7. The highest BCUT2D eigenvalue weighted by atomic mass is 16.7. The molecule has 0 aliphatic rings. The first kappa shape index (κ1) is 55.4. The van der Waals surface area contributed by atoms with Gasteiger partial charge in [-0.15, -0.1) is 0 Å². The van der Waals surface area contributed by atoms with Gasteiger partial charge >= 0.3 is 12.3 Å². The molecule has 0 aromatic carbocycles. The lowest BCUT2D eigenvalue weighted by Gasteiger charge is -2.22. The van der Waals surface area contributed by atoms with Crippen LogP contribution < -0.4 is 0 Å². The summed E-state index contributed by atoms with van der Waals surface area (Å²) >= 11 is 0. The van der Waals surface area contributed by atoms with Crippen LogP contribution in [0.4, 0.5) is 9.59 Å². The third kappa shape index (κ3) is 41.0. The van der Waals surface area contributed by atoms with Crippen LogP contribution in [0.15, 0.2) is 0 Å². The fourth-order valence-corrected chi connectivity index (χ4v) is 7.46. The molecule has 0 bridgehead atoms. The number of aliphatic hydroxyl groups excluding tert-OH is 1. The van der Waals surface area contributed by atoms with Gasteiger partial charge in [0.05, 0.1) is 46.2 Å². The van der Waals surface area contributed by atoms with E-state index in [1.54, 1.807) is 0 Å². The van der Waals surface area contributed by atoms with Gasteiger partial charge in [0.2, 0.25) is 0 Å². The summed E-state index contributed by atoms with van der Waals surface area (Å²) in [5.41, 5.74) is 0. The molecule has 0 radical (unpaired) electrons. The summed E-state index contributed by atoms with van der Waals surface area (Å²) in [7, 11) is 0. The van der Waals surface area contributed by atoms with Crippen molar-refractivity contribution < 1.29 is 38.4 Å². The fraction of sp³-hybridized carbons (Fsp3) is 0.958. The zero-order valence-electron chi connectivity index (χ0n) is 38.2. The molecule has 340 valence electrons. The molecule has 0 saturated carbocycles. The molecule has 1 N–H and O–H groups in total. The van der Waals surface area contributed by atoms with Gasteiger partial charge in [0.25, 0.3) is 0 Å². The number of ether oxygens (including phenoxy) is 5. The molecule has 57 heavy (non-hydrogen) atoms. The van der Waals surface area contributed by atoms with Gasteiger partial charge < -0.3 is 33.7 Å². The highest BCUT2D eigenvalue weighted by Crippen LogP contribution is 2.21. The maximum Gasteiger partial charge on any atom is 0.508 e. The quantitative estimate of drug-likeness (QED) is 0.0475. The SMILES string of the molecule is CCCCCCCCC(CCCCCC)COC(=O)OCCCCCN(CCCCCOC(=O)OCC(CCCCCC)CCCCCCCC)CCOCCO. The summed E-state index contributed by atoms with van der Waals surface area (Å²) in [6, 6.07) is 0. The molecule has 2 atom stereocenters. The van der Waals surface area contributed by atoms with E-state index < -0.39 is 12.3 Å². The minimum Gasteiger partial charge on any atom is -0.434 e. The number of carbonyl (C=O) groups excluding carboxylic acids is 2. The van der Waals surface area contributed by atoms with Crippen molar-refractivity contribution in [2.75, 3.05) is 65.9 Å². The number of unbranched alkanes of at least 4 members (excludes halogenated alkanes) is 20. The first-order valence-corrected chi connectivity index (χ1v) is 24.5. The number of carbonyl (C=O) groups is 2. The normalized spacial score (nSPS) is 12.5. The van der Waals surface area contributed by atoms with Crippen LogP contribution in [0.3, 0.4) is 0 Å². The number of hydrogen-bond donors (Lipinski definition) is 1. The van der Waals surface area contributed by atoms with Gasteiger partial charge in [-0.3, -0.25) is 0 Å². The van der Waals surface area contributed by atoms with Crippen LogP contribution >= 0.6 is 0 Å². The van der Waals surface area contributed by atoms with Crippen molar-refractivity contribution in [1.29, 1.82) is 0 Å². The lowest BCUT2D eigenvalue weighted by Crippen LogP contribution is -2.30. The maximum atomic E-state index is 12.4. The van der Waals surface area contributed by atoms with Gasteiger partial charge in [-0.2, -0.15) is 0 Å². The topological polar surface area (TPSA) is 104 Å². The van der Waals surface area contributed by atoms with Crippen molar-refractivity contribution >= 4 is 12.3 Å². The van der Waals surface area contributed by atoms with Crippen LogP contribution in [-0.2, 0) is 23.7 Å². The molecule has 0 fully saturated rings. The second kappa shape index (κ2) is 45.5. The number of rotatable bonds is 45. The molecule has 9 nitrogen and oxygen atoms in total. The Bertz CT molecular complexity index is 770. The van der Waals surface area contributed by atoms with Crippen LogP contribution in [-0.4, -0.2) is 88.2 Å². The predicted molar refractivity (Wildman–Crippen MR) is 237 cm³/mol. The number of aliphatic hydroxyl groups is 1. The average molecular weight is 814 g/mol. The van der Waals surface area contributed by atoms with E-state index in [4.69, 9.17) is 28.8 Å². The summed E-state index contributed by atoms with van der Waals surface area (Å²) in [6.45, 7) is 14.4. The lowest BCUT2D eigenvalue weighted by molar-refractivity contribution is 0.0399. The van der Waals surface area contributed by atoms with Crippen LogP contribution in [0.1, 0.15) is 220 Å². The Kier molecular flexibility index (Phi) is 44.2. The van der Waals surface area contributed by atoms with E-state index in [-0.39, 0.29) is 6.61 Å². The monoisotopic (exact) mass is 814 g/mol. The first-order valence-electron chi connectivity index (χ1n) is 24.5. The smallest absolute Gasteiger partial charge is 0.434 e. The van der Waals surface area contributed by atoms with Crippen molar-refractivity contribution in [3.05, 3.63) is 0 Å². The fourth-order valence-electron chi connectivity index (χ4n) is 7.46. The van der Waals surface area contributed by atoms with Crippen molar-refractivity contribution in [1.82, 2.24) is 4.90 Å². The van der Waals surface area contributed by atoms with E-state index in [1.807, 2.05) is 0 Å². The van der Waals surface area contributed by atoms with Crippen LogP contribution in [0.25, 0.3) is 0 Å². The molecule has 0 heterocycles. The van der Waals surface area contributed by atoms with E-state index >= 15 is 0 Å². The summed E-state index contributed by atoms with van der Waals surface area (Å²) in [6.07, 6.45) is 34.4. The van der Waals surface area contributed by atoms with Gasteiger partial charge in [0, 0.05) is 6.54 Å². The Hall–Kier alpha value is -1.58. The molecule has 9 heteroatoms. The van der Waals surface area contributed by atoms with Crippen molar-refractivity contribution in [2.45, 2.75) is 220 Å². The second-order valence-corrected chi connectivity index (χ2v) is 16.7. The van der Waals surface area contributed by atoms with Crippen molar-refractivity contribution in [3.8, 4) is 0 Å². The minimum atomic E-state index is -0.526. The molecule has 0 aliphatic heterocycles. The largest absolute Gasteiger partial charge is 0.508 e. The molecular formula is C48H95NO8. The molecular weight excluding hydrogens is 719 g/mol. The molecule has 0 aromatic rings. The Morgan fingerprint density at radius 1 is 0.404 bits per heavy atom. The van der Waals surface area contributed by atoms with Crippen molar-refractivity contribution in [3.63, 3.8) is 0 Å². The summed E-state index contributed by atoms with van der Waals surface area (Å²) < 4.78 is 27.6. The van der Waals surface area contributed by atoms with Gasteiger partial charge in [0.15, 0.2) is 0 Å². The van der Waals surface area contributed by atoms with Gasteiger partial charge in [0.1, 0.15) is 0 Å². The maximum absolute atomic E-state index is 12.4. The number of nitrogens with zero attached hydrogens (tertiary/aromatic N) is 1. The molecule has 0 saturated heterocycles. The molecule has 2 unspecified atom stereocenters. The molecule has 0 aliphatic carbocycles. The highest BCUT2D eigenvalue weighted by Gasteiger charge is 2.15. The molecule has 0 rings (SSSR count). The van der Waals surface area contributed by atoms with Crippen LogP contribution in [0, 0.1) is 11.8 Å². The van der Waals surface area contributed by atoms with Gasteiger partial charge in [-0.1, -0.05) is 156 Å². The lowest BCUT2D eigenvalue weighted by atomic mass is 9.95. The third-order valence-electron chi connectivity index (χ3n) is 11.2. The van der Waals surface area contributed by atoms with E-state index in [0.717, 1.165) is 83.8 Å². The Balaban J connectivity index is 4.36. The van der Waals surface area contributed by atoms with E-state index in [0.29, 0.717) is 51.5 Å². The Morgan fingerprint density at radius 3 is 1.14 bits per heavy atom. The highest BCUT2D eigenvalue weighted by molar-refractivity contribution is 5.60. The van der Waals surface area contributed by atoms with E-state index in [9.17, 15) is 9.59 Å². The third-order valence-corrected chi connectivity index (χ3v) is 11.2. The van der Waals surface area contributed by atoms with Gasteiger partial charge in [-0.25, -0.2) is 9.59 Å². The Morgan fingerprint density at radius 2 is 0.754 bits per heavy atom. The minimum absolute atomic E-state index is 0.0301. The second-order valence-electron chi connectivity index (χ2n) is 16.7. The van der Waals surface area contributed by atoms with Crippen LogP contribution in [0.2, 0.25) is 0 Å². The molecule has 0 spiro atoms. The first-order chi connectivity index (χ1) is 28.0. The molecule has 0 amide bonds. The predicted octanol–water partition coefficient (Wildman–Crippen LogP) is 13.6. The average Bonchev–Trinajstić information content (AvgIpc) is 3.21. The van der Waals surface area contributed by atoms with Crippen molar-refractivity contribution in [2.24, 2.45) is 11.8 Å². The van der Waals surface area contributed by atoms with Crippen LogP contribution in [0.5, 0.6) is 0 Å². The number of hydrogen-bond acceptors (Lipinski definition) is 9. The molecule has 0 aromatic heterocycles. The standard InChI is InChI=1S/C48H95NO8/c1-5-9-13-17-19-25-33-45(31-23-15-11-7-3)43-56-47(51)54-39-29-21-27-35-49(37-41-53-42-38-50)36-28-22-30-40-55-48(52)57-44-46(32-24-16-12-8-4)34-26-20-18-14-10-6-2/h45-46,50H,5-44H2,1-4H3. The summed E-state index contributed by atoms with van der Waals surface area (Å²) in [4.78, 5) is 27.2. The zero-order valence-corrected chi connectivity index (χ0v) is 38.2. The summed E-state index contributed by atoms with van der Waals surface area (Å²) in [5, 5.41) is 9.09. The van der Waals surface area contributed by atoms with Gasteiger partial charge in [-0.05, 0) is 89.1 Å². The van der Waals surface area contributed by atoms with E-state index in [2.05, 4.69) is 32.6 Å². The summed E-state index contributed by atoms with van der Waals surface area (Å²) in [5.74, 6) is 0.869. The Labute approximate surface area is 352 Å². The van der Waals surface area contributed by atoms with E-state index in [1.165, 1.54) is 128 Å².